The summed E-state index contributed by atoms with van der Waals surface area (Å²) in [6, 6.07) is 4.17. The third-order valence-corrected chi connectivity index (χ3v) is 2.67. The van der Waals surface area contributed by atoms with Crippen molar-refractivity contribution in [2.24, 2.45) is 0 Å². The van der Waals surface area contributed by atoms with Gasteiger partial charge >= 0.3 is 0 Å². The summed E-state index contributed by atoms with van der Waals surface area (Å²) in [5.41, 5.74) is 5.79. The number of nitrogen functional groups attached to an aromatic ring is 1. The average molecular weight is 268 g/mol. The van der Waals surface area contributed by atoms with Crippen molar-refractivity contribution in [2.75, 3.05) is 5.73 Å². The molecule has 0 amide bonds. The molecule has 0 fully saturated rings. The molecule has 1 unspecified atom stereocenters. The highest BCUT2D eigenvalue weighted by Gasteiger charge is 2.17. The summed E-state index contributed by atoms with van der Waals surface area (Å²) in [6.45, 7) is 0. The molecule has 1 heterocycles. The molecule has 0 aliphatic heterocycles. The molecule has 0 radical (unpaired) electrons. The Morgan fingerprint density at radius 1 is 1.11 bits per heavy atom. The van der Waals surface area contributed by atoms with E-state index in [2.05, 4.69) is 4.98 Å². The second kappa shape index (κ2) is 5.27. The van der Waals surface area contributed by atoms with Crippen LogP contribution in [0.2, 0.25) is 0 Å². The van der Waals surface area contributed by atoms with E-state index >= 15 is 0 Å². The third kappa shape index (κ3) is 3.03. The fourth-order valence-corrected chi connectivity index (χ4v) is 1.75. The minimum absolute atomic E-state index is 0.0225. The summed E-state index contributed by atoms with van der Waals surface area (Å²) in [5.74, 6) is -3.23. The van der Waals surface area contributed by atoms with Crippen LogP contribution in [0.1, 0.15) is 17.2 Å². The minimum Gasteiger partial charge on any atom is -0.388 e. The van der Waals surface area contributed by atoms with Crippen LogP contribution in [0.3, 0.4) is 0 Å². The van der Waals surface area contributed by atoms with E-state index in [9.17, 15) is 18.3 Å². The van der Waals surface area contributed by atoms with E-state index in [0.717, 1.165) is 0 Å². The topological polar surface area (TPSA) is 59.1 Å². The van der Waals surface area contributed by atoms with Crippen molar-refractivity contribution in [3.63, 3.8) is 0 Å². The number of halogens is 3. The molecular formula is C13H11F3N2O. The minimum atomic E-state index is -1.29. The van der Waals surface area contributed by atoms with Gasteiger partial charge in [0.1, 0.15) is 11.6 Å². The molecule has 3 nitrogen and oxygen atoms in total. The van der Waals surface area contributed by atoms with Gasteiger partial charge in [-0.25, -0.2) is 18.2 Å². The first-order valence-corrected chi connectivity index (χ1v) is 5.50. The van der Waals surface area contributed by atoms with Crippen LogP contribution in [0.15, 0.2) is 30.5 Å². The van der Waals surface area contributed by atoms with Crippen LogP contribution in [0.5, 0.6) is 0 Å². The summed E-state index contributed by atoms with van der Waals surface area (Å²) < 4.78 is 39.3. The molecule has 1 atom stereocenters. The maximum Gasteiger partial charge on any atom is 0.161 e. The molecule has 2 rings (SSSR count). The number of anilines is 1. The lowest BCUT2D eigenvalue weighted by molar-refractivity contribution is 0.172. The van der Waals surface area contributed by atoms with Crippen molar-refractivity contribution in [2.45, 2.75) is 12.5 Å². The van der Waals surface area contributed by atoms with Crippen LogP contribution in [-0.4, -0.2) is 10.1 Å². The molecule has 6 heteroatoms. The third-order valence-electron chi connectivity index (χ3n) is 2.67. The molecular weight excluding hydrogens is 257 g/mol. The molecule has 2 aromatic rings. The van der Waals surface area contributed by atoms with Crippen LogP contribution < -0.4 is 5.73 Å². The molecule has 1 aromatic carbocycles. The first-order chi connectivity index (χ1) is 8.97. The first-order valence-electron chi connectivity index (χ1n) is 5.50. The van der Waals surface area contributed by atoms with Crippen molar-refractivity contribution < 1.29 is 18.3 Å². The van der Waals surface area contributed by atoms with E-state index in [1.54, 1.807) is 6.07 Å². The van der Waals surface area contributed by atoms with Gasteiger partial charge in [-0.1, -0.05) is 0 Å². The smallest absolute Gasteiger partial charge is 0.161 e. The van der Waals surface area contributed by atoms with Gasteiger partial charge in [0.2, 0.25) is 0 Å². The number of nitrogens with two attached hydrogens (primary N) is 1. The van der Waals surface area contributed by atoms with Crippen LogP contribution in [0.25, 0.3) is 0 Å². The number of hydrogen-bond donors (Lipinski definition) is 2. The van der Waals surface area contributed by atoms with Gasteiger partial charge in [0.05, 0.1) is 6.10 Å². The van der Waals surface area contributed by atoms with Crippen LogP contribution in [0, 0.1) is 17.5 Å². The molecule has 19 heavy (non-hydrogen) atoms. The fraction of sp³-hybridized carbons (Fsp3) is 0.154. The maximum absolute atomic E-state index is 13.5. The molecule has 0 saturated heterocycles. The molecule has 100 valence electrons. The molecule has 0 spiro atoms. The normalized spacial score (nSPS) is 12.4. The van der Waals surface area contributed by atoms with Gasteiger partial charge in [0.15, 0.2) is 11.6 Å². The largest absolute Gasteiger partial charge is 0.388 e. The zero-order chi connectivity index (χ0) is 14.0. The zero-order valence-electron chi connectivity index (χ0n) is 9.78. The molecule has 0 aliphatic rings. The highest BCUT2D eigenvalue weighted by Crippen LogP contribution is 2.23. The predicted molar refractivity (Wildman–Crippen MR) is 63.6 cm³/mol. The lowest BCUT2D eigenvalue weighted by atomic mass is 10.0. The number of rotatable bonds is 3. The number of nitrogens with zero attached hydrogens (tertiary/aromatic N) is 1. The lowest BCUT2D eigenvalue weighted by Gasteiger charge is -2.12. The molecule has 1 aromatic heterocycles. The van der Waals surface area contributed by atoms with E-state index in [1.165, 1.54) is 12.3 Å². The van der Waals surface area contributed by atoms with Gasteiger partial charge < -0.3 is 10.8 Å². The maximum atomic E-state index is 13.5. The predicted octanol–water partition coefficient (Wildman–Crippen LogP) is 2.36. The summed E-state index contributed by atoms with van der Waals surface area (Å²) in [7, 11) is 0. The van der Waals surface area contributed by atoms with Gasteiger partial charge in [0.25, 0.3) is 0 Å². The Balaban J connectivity index is 2.25. The summed E-state index contributed by atoms with van der Waals surface area (Å²) in [5, 5.41) is 9.87. The van der Waals surface area contributed by atoms with Crippen LogP contribution >= 0.6 is 0 Å². The van der Waals surface area contributed by atoms with E-state index in [1.807, 2.05) is 0 Å². The Morgan fingerprint density at radius 3 is 2.47 bits per heavy atom. The van der Waals surface area contributed by atoms with E-state index < -0.39 is 23.6 Å². The number of aliphatic hydroxyl groups is 1. The van der Waals surface area contributed by atoms with Gasteiger partial charge in [-0.2, -0.15) is 0 Å². The standard InChI is InChI=1S/C13H11F3N2O/c14-9-6-11(16)10(15)5-8(9)12(19)3-7-1-2-18-13(17)4-7/h1-2,4-6,12,19H,3H2,(H2,17,18). The number of aromatic nitrogens is 1. The van der Waals surface area contributed by atoms with Crippen LogP contribution in [-0.2, 0) is 6.42 Å². The first kappa shape index (κ1) is 13.4. The Labute approximate surface area is 107 Å². The number of pyridine rings is 1. The zero-order valence-corrected chi connectivity index (χ0v) is 9.78. The second-order valence-corrected chi connectivity index (χ2v) is 4.10. The highest BCUT2D eigenvalue weighted by atomic mass is 19.2. The molecule has 0 bridgehead atoms. The number of aliphatic hydroxyl groups excluding tert-OH is 1. The van der Waals surface area contributed by atoms with Crippen molar-refractivity contribution in [1.29, 1.82) is 0 Å². The Bertz CT molecular complexity index is 604. The second-order valence-electron chi connectivity index (χ2n) is 4.10. The molecule has 3 N–H and O–H groups in total. The summed E-state index contributed by atoms with van der Waals surface area (Å²) in [4.78, 5) is 3.78. The average Bonchev–Trinajstić information content (AvgIpc) is 2.33. The van der Waals surface area contributed by atoms with Gasteiger partial charge in [-0.3, -0.25) is 0 Å². The quantitative estimate of drug-likeness (QED) is 0.840. The SMILES string of the molecule is Nc1cc(CC(O)c2cc(F)c(F)cc2F)ccn1. The fourth-order valence-electron chi connectivity index (χ4n) is 1.75. The van der Waals surface area contributed by atoms with Gasteiger partial charge in [-0.15, -0.1) is 0 Å². The van der Waals surface area contributed by atoms with E-state index in [0.29, 0.717) is 17.7 Å². The number of hydrogen-bond acceptors (Lipinski definition) is 3. The van der Waals surface area contributed by atoms with E-state index in [-0.39, 0.29) is 17.8 Å². The van der Waals surface area contributed by atoms with Crippen LogP contribution in [0.4, 0.5) is 19.0 Å². The number of benzene rings is 1. The monoisotopic (exact) mass is 268 g/mol. The van der Waals surface area contributed by atoms with Gasteiger partial charge in [0, 0.05) is 24.2 Å². The van der Waals surface area contributed by atoms with Crippen molar-refractivity contribution in [1.82, 2.24) is 4.98 Å². The molecule has 0 saturated carbocycles. The Hall–Kier alpha value is -2.08. The van der Waals surface area contributed by atoms with Gasteiger partial charge in [-0.05, 0) is 23.8 Å². The Kier molecular flexibility index (Phi) is 3.71. The van der Waals surface area contributed by atoms with Crippen molar-refractivity contribution >= 4 is 5.82 Å². The van der Waals surface area contributed by atoms with Crippen molar-refractivity contribution in [3.8, 4) is 0 Å². The highest BCUT2D eigenvalue weighted by molar-refractivity contribution is 5.33. The molecule has 0 aliphatic carbocycles. The lowest BCUT2D eigenvalue weighted by Crippen LogP contribution is -2.06. The summed E-state index contributed by atoms with van der Waals surface area (Å²) >= 11 is 0. The van der Waals surface area contributed by atoms with Crippen molar-refractivity contribution in [3.05, 3.63) is 59.0 Å². The Morgan fingerprint density at radius 2 is 1.79 bits per heavy atom. The summed E-state index contributed by atoms with van der Waals surface area (Å²) in [6.07, 6.45) is 0.171. The van der Waals surface area contributed by atoms with E-state index in [4.69, 9.17) is 5.73 Å².